The van der Waals surface area contributed by atoms with Crippen LogP contribution >= 0.6 is 0 Å². The van der Waals surface area contributed by atoms with Crippen LogP contribution in [0.2, 0.25) is 0 Å². The molecule has 0 N–H and O–H groups in total. The predicted octanol–water partition coefficient (Wildman–Crippen LogP) is 9.15. The van der Waals surface area contributed by atoms with Crippen molar-refractivity contribution in [3.05, 3.63) is 150 Å². The normalized spacial score (nSPS) is 20.0. The molecule has 0 spiro atoms. The van der Waals surface area contributed by atoms with Crippen molar-refractivity contribution in [3.8, 4) is 33.4 Å². The van der Waals surface area contributed by atoms with Gasteiger partial charge in [-0.3, -0.25) is 0 Å². The van der Waals surface area contributed by atoms with Gasteiger partial charge < -0.3 is 9.31 Å². The van der Waals surface area contributed by atoms with Gasteiger partial charge >= 0.3 is 7.12 Å². The van der Waals surface area contributed by atoms with Crippen molar-refractivity contribution in [2.45, 2.75) is 44.3 Å². The Kier molecular flexibility index (Phi) is 5.21. The van der Waals surface area contributed by atoms with Gasteiger partial charge in [0.15, 0.2) is 0 Å². The first-order chi connectivity index (χ1) is 21.3. The van der Waals surface area contributed by atoms with Gasteiger partial charge in [-0.1, -0.05) is 115 Å². The van der Waals surface area contributed by atoms with Gasteiger partial charge in [0.1, 0.15) is 0 Å². The first-order valence-electron chi connectivity index (χ1n) is 15.6. The predicted molar refractivity (Wildman–Crippen MR) is 181 cm³/mol. The molecule has 2 aliphatic carbocycles. The molecule has 1 saturated heterocycles. The number of rotatable bonds is 3. The van der Waals surface area contributed by atoms with E-state index in [1.165, 1.54) is 66.4 Å². The number of hydrogen-bond acceptors (Lipinski definition) is 2. The maximum absolute atomic E-state index is 6.42. The molecule has 2 nitrogen and oxygen atoms in total. The third-order valence-electron chi connectivity index (χ3n) is 10.7. The summed E-state index contributed by atoms with van der Waals surface area (Å²) in [6, 6.07) is 47.4. The van der Waals surface area contributed by atoms with Gasteiger partial charge in [0.25, 0.3) is 0 Å². The molecule has 0 aromatic heterocycles. The zero-order valence-corrected chi connectivity index (χ0v) is 25.5. The van der Waals surface area contributed by atoms with E-state index >= 15 is 0 Å². The molecule has 1 aliphatic heterocycles. The average molecular weight is 569 g/mol. The second-order valence-corrected chi connectivity index (χ2v) is 13.5. The Labute approximate surface area is 259 Å². The Morgan fingerprint density at radius 3 is 1.70 bits per heavy atom. The van der Waals surface area contributed by atoms with Crippen LogP contribution in [0.5, 0.6) is 0 Å². The van der Waals surface area contributed by atoms with Crippen molar-refractivity contribution < 1.29 is 9.31 Å². The van der Waals surface area contributed by atoms with Crippen LogP contribution < -0.4 is 5.46 Å². The van der Waals surface area contributed by atoms with E-state index in [-0.39, 0.29) is 11.2 Å². The second kappa shape index (κ2) is 8.82. The summed E-state index contributed by atoms with van der Waals surface area (Å²) in [6.45, 7) is 8.43. The van der Waals surface area contributed by atoms with E-state index in [2.05, 4.69) is 155 Å². The molecule has 0 saturated carbocycles. The molecule has 0 amide bonds. The Balaban J connectivity index is 1.30. The molecule has 1 unspecified atom stereocenters. The summed E-state index contributed by atoms with van der Waals surface area (Å²) in [5.74, 6) is 0. The molecule has 1 fully saturated rings. The minimum absolute atomic E-state index is 0.383. The minimum atomic E-state index is -0.473. The maximum Gasteiger partial charge on any atom is 0.494 e. The second-order valence-electron chi connectivity index (χ2n) is 13.5. The van der Waals surface area contributed by atoms with Crippen molar-refractivity contribution in [1.29, 1.82) is 0 Å². The van der Waals surface area contributed by atoms with Gasteiger partial charge in [-0.25, -0.2) is 0 Å². The lowest BCUT2D eigenvalue weighted by molar-refractivity contribution is 0.00578. The minimum Gasteiger partial charge on any atom is -0.399 e. The largest absolute Gasteiger partial charge is 0.494 e. The van der Waals surface area contributed by atoms with E-state index < -0.39 is 12.5 Å². The molecule has 0 bridgehead atoms. The molecule has 6 aromatic rings. The molecule has 44 heavy (non-hydrogen) atoms. The third kappa shape index (κ3) is 3.29. The molecular formula is C41H33BO2. The molecule has 212 valence electrons. The van der Waals surface area contributed by atoms with Gasteiger partial charge in [-0.05, 0) is 112 Å². The van der Waals surface area contributed by atoms with Crippen LogP contribution in [0.3, 0.4) is 0 Å². The smallest absolute Gasteiger partial charge is 0.399 e. The van der Waals surface area contributed by atoms with Crippen LogP contribution in [-0.4, -0.2) is 18.3 Å². The summed E-state index contributed by atoms with van der Waals surface area (Å²) >= 11 is 0. The van der Waals surface area contributed by atoms with Gasteiger partial charge in [0.2, 0.25) is 0 Å². The number of benzene rings is 6. The highest BCUT2D eigenvalue weighted by Crippen LogP contribution is 2.59. The first-order valence-corrected chi connectivity index (χ1v) is 15.6. The lowest BCUT2D eigenvalue weighted by Crippen LogP contribution is -2.41. The Bertz CT molecular complexity index is 2110. The summed E-state index contributed by atoms with van der Waals surface area (Å²) in [7, 11) is -0.396. The summed E-state index contributed by atoms with van der Waals surface area (Å²) in [5.41, 5.74) is 12.9. The lowest BCUT2D eigenvalue weighted by atomic mass is 9.66. The van der Waals surface area contributed by atoms with Crippen LogP contribution in [0.4, 0.5) is 0 Å². The van der Waals surface area contributed by atoms with E-state index in [0.717, 1.165) is 5.46 Å². The molecule has 3 aliphatic rings. The summed E-state index contributed by atoms with van der Waals surface area (Å²) in [6.07, 6.45) is 0. The monoisotopic (exact) mass is 568 g/mol. The number of hydrogen-bond donors (Lipinski definition) is 0. The Morgan fingerprint density at radius 2 is 1.02 bits per heavy atom. The Morgan fingerprint density at radius 1 is 0.455 bits per heavy atom. The van der Waals surface area contributed by atoms with Crippen LogP contribution in [0.25, 0.3) is 44.2 Å². The van der Waals surface area contributed by atoms with Crippen LogP contribution in [0.1, 0.15) is 49.9 Å². The van der Waals surface area contributed by atoms with Crippen molar-refractivity contribution in [2.75, 3.05) is 0 Å². The SMILES string of the molecule is CC1(C)OB(c2ccc(C3(c4ccccc4)c4ccccc4-c4cc5c(cc43)-c3cccc4cccc-5c34)cc2)OC1(C)C. The van der Waals surface area contributed by atoms with E-state index in [9.17, 15) is 0 Å². The van der Waals surface area contributed by atoms with Crippen LogP contribution in [0, 0.1) is 0 Å². The topological polar surface area (TPSA) is 18.5 Å². The number of fused-ring (bicyclic) bond motifs is 6. The molecule has 3 heteroatoms. The molecule has 1 atom stereocenters. The van der Waals surface area contributed by atoms with Gasteiger partial charge in [0, 0.05) is 0 Å². The van der Waals surface area contributed by atoms with Gasteiger partial charge in [0.05, 0.1) is 16.6 Å². The maximum atomic E-state index is 6.42. The average Bonchev–Trinajstić information content (AvgIpc) is 3.60. The van der Waals surface area contributed by atoms with Crippen molar-refractivity contribution in [1.82, 2.24) is 0 Å². The lowest BCUT2D eigenvalue weighted by Gasteiger charge is -2.34. The highest BCUT2D eigenvalue weighted by atomic mass is 16.7. The molecule has 0 radical (unpaired) electrons. The van der Waals surface area contributed by atoms with Gasteiger partial charge in [-0.15, -0.1) is 0 Å². The van der Waals surface area contributed by atoms with Crippen molar-refractivity contribution in [3.63, 3.8) is 0 Å². The Hall–Kier alpha value is -4.44. The standard InChI is InChI=1S/C41H33BO2/c1-39(2)40(3,4)44-42(43-39)29-22-20-28(21-23-29)41(27-14-6-5-7-15-27)36-19-9-8-16-30(36)35-24-33-31-17-10-12-26-13-11-18-32(38(26)31)34(33)25-37(35)41/h5-25H,1-4H3. The first kappa shape index (κ1) is 26.0. The molecular weight excluding hydrogens is 535 g/mol. The fraction of sp³-hybridized carbons (Fsp3) is 0.171. The molecule has 1 heterocycles. The highest BCUT2D eigenvalue weighted by molar-refractivity contribution is 6.62. The summed E-state index contributed by atoms with van der Waals surface area (Å²) < 4.78 is 12.8. The molecule has 6 aromatic carbocycles. The van der Waals surface area contributed by atoms with E-state index in [0.29, 0.717) is 0 Å². The van der Waals surface area contributed by atoms with E-state index in [1.54, 1.807) is 0 Å². The van der Waals surface area contributed by atoms with E-state index in [1.807, 2.05) is 0 Å². The third-order valence-corrected chi connectivity index (χ3v) is 10.7. The summed E-state index contributed by atoms with van der Waals surface area (Å²) in [4.78, 5) is 0. The molecule has 9 rings (SSSR count). The van der Waals surface area contributed by atoms with Crippen LogP contribution in [0.15, 0.2) is 127 Å². The van der Waals surface area contributed by atoms with Crippen molar-refractivity contribution in [2.24, 2.45) is 0 Å². The highest BCUT2D eigenvalue weighted by Gasteiger charge is 2.52. The fourth-order valence-electron chi connectivity index (χ4n) is 7.90. The zero-order valence-electron chi connectivity index (χ0n) is 25.5. The van der Waals surface area contributed by atoms with E-state index in [4.69, 9.17) is 9.31 Å². The van der Waals surface area contributed by atoms with Gasteiger partial charge in [-0.2, -0.15) is 0 Å². The quantitative estimate of drug-likeness (QED) is 0.198. The van der Waals surface area contributed by atoms with Crippen LogP contribution in [-0.2, 0) is 14.7 Å². The summed E-state index contributed by atoms with van der Waals surface area (Å²) in [5, 5.41) is 2.66. The fourth-order valence-corrected chi connectivity index (χ4v) is 7.90. The zero-order chi connectivity index (χ0) is 29.8. The van der Waals surface area contributed by atoms with Crippen molar-refractivity contribution >= 4 is 23.4 Å².